The minimum absolute atomic E-state index is 0.0445. The normalized spacial score (nSPS) is 17.3. The summed E-state index contributed by atoms with van der Waals surface area (Å²) in [6, 6.07) is 17.3. The minimum atomic E-state index is -0.400. The monoisotopic (exact) mass is 346 g/mol. The smallest absolute Gasteiger partial charge is 0.245 e. The number of carbonyl (C=O) groups excluding carboxylic acids is 2. The van der Waals surface area contributed by atoms with Crippen LogP contribution in [0.2, 0.25) is 0 Å². The van der Waals surface area contributed by atoms with Crippen molar-refractivity contribution in [3.8, 4) is 0 Å². The lowest BCUT2D eigenvalue weighted by molar-refractivity contribution is -0.126. The number of para-hydroxylation sites is 2. The van der Waals surface area contributed by atoms with E-state index in [1.54, 1.807) is 11.1 Å². The van der Waals surface area contributed by atoms with Crippen LogP contribution < -0.4 is 10.3 Å². The van der Waals surface area contributed by atoms with E-state index in [0.29, 0.717) is 6.54 Å². The van der Waals surface area contributed by atoms with Gasteiger partial charge in [0, 0.05) is 41.3 Å². The molecule has 1 aromatic heterocycles. The number of anilines is 1. The number of aromatic nitrogens is 1. The molecule has 2 N–H and O–H groups in total. The third-order valence-corrected chi connectivity index (χ3v) is 4.56. The van der Waals surface area contributed by atoms with Crippen molar-refractivity contribution in [1.29, 1.82) is 0 Å². The largest absolute Gasteiger partial charge is 0.361 e. The molecule has 6 heteroatoms. The number of hydrazone groups is 1. The maximum atomic E-state index is 12.3. The third kappa shape index (κ3) is 3.09. The SMILES string of the molecule is O=C(N/N=C/c1c[nH]c2ccccc12)C1CC(=O)N(c2ccccc2)C1. The number of rotatable bonds is 4. The molecule has 0 aliphatic carbocycles. The average molecular weight is 346 g/mol. The molecule has 3 aromatic rings. The van der Waals surface area contributed by atoms with Crippen LogP contribution in [0.25, 0.3) is 10.9 Å². The highest BCUT2D eigenvalue weighted by Gasteiger charge is 2.34. The number of nitrogens with zero attached hydrogens (tertiary/aromatic N) is 2. The average Bonchev–Trinajstić information content (AvgIpc) is 3.26. The highest BCUT2D eigenvalue weighted by atomic mass is 16.2. The number of carbonyl (C=O) groups is 2. The van der Waals surface area contributed by atoms with Crippen LogP contribution in [0.5, 0.6) is 0 Å². The van der Waals surface area contributed by atoms with Crippen LogP contribution >= 0.6 is 0 Å². The number of hydrogen-bond acceptors (Lipinski definition) is 3. The Morgan fingerprint density at radius 2 is 1.92 bits per heavy atom. The van der Waals surface area contributed by atoms with Crippen molar-refractivity contribution in [3.63, 3.8) is 0 Å². The first kappa shape index (κ1) is 16.1. The van der Waals surface area contributed by atoms with Gasteiger partial charge >= 0.3 is 0 Å². The number of nitrogens with one attached hydrogen (secondary N) is 2. The first-order chi connectivity index (χ1) is 12.7. The van der Waals surface area contributed by atoms with Gasteiger partial charge in [-0.25, -0.2) is 5.43 Å². The van der Waals surface area contributed by atoms with E-state index in [2.05, 4.69) is 15.5 Å². The Hall–Kier alpha value is -3.41. The fourth-order valence-corrected chi connectivity index (χ4v) is 3.20. The summed E-state index contributed by atoms with van der Waals surface area (Å²) in [6.07, 6.45) is 3.66. The Kier molecular flexibility index (Phi) is 4.23. The molecule has 0 radical (unpaired) electrons. The zero-order chi connectivity index (χ0) is 17.9. The van der Waals surface area contributed by atoms with Gasteiger partial charge in [0.25, 0.3) is 0 Å². The molecule has 26 heavy (non-hydrogen) atoms. The zero-order valence-corrected chi connectivity index (χ0v) is 14.1. The Balaban J connectivity index is 1.40. The summed E-state index contributed by atoms with van der Waals surface area (Å²) < 4.78 is 0. The Morgan fingerprint density at radius 3 is 2.77 bits per heavy atom. The van der Waals surface area contributed by atoms with E-state index < -0.39 is 5.92 Å². The molecule has 0 bridgehead atoms. The van der Waals surface area contributed by atoms with Gasteiger partial charge in [-0.2, -0.15) is 5.10 Å². The second-order valence-electron chi connectivity index (χ2n) is 6.26. The number of hydrogen-bond donors (Lipinski definition) is 2. The number of fused-ring (bicyclic) bond motifs is 1. The molecule has 2 aromatic carbocycles. The molecule has 1 saturated heterocycles. The molecular formula is C20H18N4O2. The van der Waals surface area contributed by atoms with Gasteiger partial charge in [-0.3, -0.25) is 9.59 Å². The van der Waals surface area contributed by atoms with Gasteiger partial charge in [-0.15, -0.1) is 0 Å². The molecule has 2 amide bonds. The van der Waals surface area contributed by atoms with Crippen LogP contribution in [0.3, 0.4) is 0 Å². The second-order valence-corrected chi connectivity index (χ2v) is 6.26. The number of aromatic amines is 1. The van der Waals surface area contributed by atoms with Crippen molar-refractivity contribution in [3.05, 3.63) is 66.4 Å². The Bertz CT molecular complexity index is 978. The van der Waals surface area contributed by atoms with Crippen molar-refractivity contribution in [2.75, 3.05) is 11.4 Å². The van der Waals surface area contributed by atoms with Gasteiger partial charge in [0.2, 0.25) is 11.8 Å². The molecule has 4 rings (SSSR count). The highest BCUT2D eigenvalue weighted by Crippen LogP contribution is 2.24. The standard InChI is InChI=1S/C20H18N4O2/c25-19-10-14(13-24(19)16-6-2-1-3-7-16)20(26)23-22-12-15-11-21-18-9-5-4-8-17(15)18/h1-9,11-12,14,21H,10,13H2,(H,23,26)/b22-12+. The van der Waals surface area contributed by atoms with Crippen LogP contribution in [0.4, 0.5) is 5.69 Å². The highest BCUT2D eigenvalue weighted by molar-refractivity contribution is 6.01. The second kappa shape index (κ2) is 6.84. The lowest BCUT2D eigenvalue weighted by Crippen LogP contribution is -2.30. The number of benzene rings is 2. The van der Waals surface area contributed by atoms with Crippen molar-refractivity contribution >= 4 is 34.6 Å². The van der Waals surface area contributed by atoms with Crippen molar-refractivity contribution < 1.29 is 9.59 Å². The molecule has 0 spiro atoms. The van der Waals surface area contributed by atoms with Gasteiger partial charge < -0.3 is 9.88 Å². The summed E-state index contributed by atoms with van der Waals surface area (Å²) in [6.45, 7) is 0.372. The maximum Gasteiger partial charge on any atom is 0.245 e. The summed E-state index contributed by atoms with van der Waals surface area (Å²) in [5, 5.41) is 5.10. The van der Waals surface area contributed by atoms with Gasteiger partial charge in [0.15, 0.2) is 0 Å². The van der Waals surface area contributed by atoms with Crippen LogP contribution in [0, 0.1) is 5.92 Å². The van der Waals surface area contributed by atoms with E-state index in [0.717, 1.165) is 22.2 Å². The molecule has 1 aliphatic heterocycles. The van der Waals surface area contributed by atoms with Crippen molar-refractivity contribution in [1.82, 2.24) is 10.4 Å². The predicted octanol–water partition coefficient (Wildman–Crippen LogP) is 2.67. The molecule has 1 aliphatic rings. The maximum absolute atomic E-state index is 12.3. The molecule has 0 saturated carbocycles. The van der Waals surface area contributed by atoms with Crippen LogP contribution in [-0.4, -0.2) is 29.6 Å². The van der Waals surface area contributed by atoms with E-state index >= 15 is 0 Å². The van der Waals surface area contributed by atoms with E-state index in [-0.39, 0.29) is 18.2 Å². The van der Waals surface area contributed by atoms with E-state index in [9.17, 15) is 9.59 Å². The summed E-state index contributed by atoms with van der Waals surface area (Å²) >= 11 is 0. The summed E-state index contributed by atoms with van der Waals surface area (Å²) in [5.41, 5.74) is 5.28. The molecule has 1 unspecified atom stereocenters. The van der Waals surface area contributed by atoms with Gasteiger partial charge in [-0.1, -0.05) is 36.4 Å². The fraction of sp³-hybridized carbons (Fsp3) is 0.150. The summed E-state index contributed by atoms with van der Waals surface area (Å²) in [5.74, 6) is -0.687. The molecule has 130 valence electrons. The third-order valence-electron chi connectivity index (χ3n) is 4.56. The molecule has 6 nitrogen and oxygen atoms in total. The Labute approximate surface area is 150 Å². The van der Waals surface area contributed by atoms with Crippen molar-refractivity contribution in [2.24, 2.45) is 11.0 Å². The van der Waals surface area contributed by atoms with Crippen LogP contribution in [0.15, 0.2) is 65.9 Å². The minimum Gasteiger partial charge on any atom is -0.361 e. The van der Waals surface area contributed by atoms with E-state index in [1.807, 2.05) is 60.8 Å². The first-order valence-electron chi connectivity index (χ1n) is 8.47. The van der Waals surface area contributed by atoms with Gasteiger partial charge in [0.05, 0.1) is 12.1 Å². The number of H-pyrrole nitrogens is 1. The lowest BCUT2D eigenvalue weighted by Gasteiger charge is -2.16. The van der Waals surface area contributed by atoms with Crippen LogP contribution in [-0.2, 0) is 9.59 Å². The summed E-state index contributed by atoms with van der Waals surface area (Å²) in [7, 11) is 0. The Morgan fingerprint density at radius 1 is 1.15 bits per heavy atom. The molecule has 2 heterocycles. The molecule has 1 atom stereocenters. The van der Waals surface area contributed by atoms with Crippen molar-refractivity contribution in [2.45, 2.75) is 6.42 Å². The zero-order valence-electron chi connectivity index (χ0n) is 14.1. The first-order valence-corrected chi connectivity index (χ1v) is 8.47. The predicted molar refractivity (Wildman–Crippen MR) is 101 cm³/mol. The van der Waals surface area contributed by atoms with Crippen LogP contribution in [0.1, 0.15) is 12.0 Å². The summed E-state index contributed by atoms with van der Waals surface area (Å²) in [4.78, 5) is 29.4. The molecular weight excluding hydrogens is 328 g/mol. The van der Waals surface area contributed by atoms with Gasteiger partial charge in [0.1, 0.15) is 0 Å². The van der Waals surface area contributed by atoms with E-state index in [1.165, 1.54) is 0 Å². The lowest BCUT2D eigenvalue weighted by atomic mass is 10.1. The molecule has 1 fully saturated rings. The number of amides is 2. The van der Waals surface area contributed by atoms with E-state index in [4.69, 9.17) is 0 Å². The van der Waals surface area contributed by atoms with Gasteiger partial charge in [-0.05, 0) is 18.2 Å². The topological polar surface area (TPSA) is 77.6 Å². The fourth-order valence-electron chi connectivity index (χ4n) is 3.20. The quantitative estimate of drug-likeness (QED) is 0.563.